The Morgan fingerprint density at radius 3 is 1.97 bits per heavy atom. The topological polar surface area (TPSA) is 36.9 Å². The molecule has 0 aliphatic heterocycles. The zero-order chi connectivity index (χ0) is 20.9. The summed E-state index contributed by atoms with van der Waals surface area (Å²) in [4.78, 5) is 0. The molecular formula is C26H32O4. The molecule has 0 N–H and O–H groups in total. The zero-order valence-electron chi connectivity index (χ0n) is 18.5. The summed E-state index contributed by atoms with van der Waals surface area (Å²) in [6, 6.07) is 12.8. The molecule has 4 aliphatic rings. The standard InChI is InChI=1S/C26H32O4/c1-27-19-8-9-20(23(11-19)29-3)25-12-17-10-18(13-25)15-26(14-17,16-25)21-6-5-7-22(28-2)24(21)30-4/h5-9,11,17-18H,10,12-16H2,1-4H3. The average Bonchev–Trinajstić information content (AvgIpc) is 2.77. The second-order valence-corrected chi connectivity index (χ2v) is 9.63. The average molecular weight is 409 g/mol. The summed E-state index contributed by atoms with van der Waals surface area (Å²) < 4.78 is 22.9. The molecule has 160 valence electrons. The predicted molar refractivity (Wildman–Crippen MR) is 117 cm³/mol. The van der Waals surface area contributed by atoms with Gasteiger partial charge in [-0.2, -0.15) is 0 Å². The van der Waals surface area contributed by atoms with Gasteiger partial charge in [0.05, 0.1) is 28.4 Å². The second-order valence-electron chi connectivity index (χ2n) is 9.63. The fourth-order valence-corrected chi connectivity index (χ4v) is 7.43. The van der Waals surface area contributed by atoms with Crippen molar-refractivity contribution in [3.8, 4) is 23.0 Å². The van der Waals surface area contributed by atoms with Gasteiger partial charge in [0, 0.05) is 28.0 Å². The number of hydrogen-bond donors (Lipinski definition) is 0. The van der Waals surface area contributed by atoms with E-state index in [1.165, 1.54) is 43.2 Å². The lowest BCUT2D eigenvalue weighted by Crippen LogP contribution is -2.56. The number of hydrogen-bond acceptors (Lipinski definition) is 4. The molecule has 4 fully saturated rings. The molecule has 6 rings (SSSR count). The highest BCUT2D eigenvalue weighted by Crippen LogP contribution is 2.68. The lowest BCUT2D eigenvalue weighted by atomic mass is 9.41. The van der Waals surface area contributed by atoms with E-state index in [1.54, 1.807) is 28.4 Å². The van der Waals surface area contributed by atoms with Crippen LogP contribution >= 0.6 is 0 Å². The van der Waals surface area contributed by atoms with Crippen molar-refractivity contribution in [2.24, 2.45) is 11.8 Å². The summed E-state index contributed by atoms with van der Waals surface area (Å²) in [7, 11) is 6.98. The number of methoxy groups -OCH3 is 4. The van der Waals surface area contributed by atoms with Gasteiger partial charge in [0.15, 0.2) is 11.5 Å². The lowest BCUT2D eigenvalue weighted by molar-refractivity contribution is -0.0298. The van der Waals surface area contributed by atoms with Gasteiger partial charge in [-0.05, 0) is 62.5 Å². The second kappa shape index (κ2) is 7.11. The van der Waals surface area contributed by atoms with Gasteiger partial charge in [0.25, 0.3) is 0 Å². The van der Waals surface area contributed by atoms with Crippen molar-refractivity contribution in [2.75, 3.05) is 28.4 Å². The van der Waals surface area contributed by atoms with Crippen molar-refractivity contribution >= 4 is 0 Å². The van der Waals surface area contributed by atoms with E-state index in [2.05, 4.69) is 24.3 Å². The Balaban J connectivity index is 1.64. The van der Waals surface area contributed by atoms with Gasteiger partial charge >= 0.3 is 0 Å². The largest absolute Gasteiger partial charge is 0.497 e. The van der Waals surface area contributed by atoms with Crippen LogP contribution < -0.4 is 18.9 Å². The molecule has 2 aromatic carbocycles. The van der Waals surface area contributed by atoms with Crippen LogP contribution in [0.2, 0.25) is 0 Å². The fourth-order valence-electron chi connectivity index (χ4n) is 7.43. The zero-order valence-corrected chi connectivity index (χ0v) is 18.5. The molecule has 0 aromatic heterocycles. The van der Waals surface area contributed by atoms with Crippen LogP contribution in [0.1, 0.15) is 49.7 Å². The molecule has 0 radical (unpaired) electrons. The molecule has 2 unspecified atom stereocenters. The Hall–Kier alpha value is -2.36. The number of benzene rings is 2. The van der Waals surface area contributed by atoms with Gasteiger partial charge in [-0.15, -0.1) is 0 Å². The summed E-state index contributed by atoms with van der Waals surface area (Å²) in [5, 5.41) is 0. The van der Waals surface area contributed by atoms with E-state index in [0.29, 0.717) is 0 Å². The van der Waals surface area contributed by atoms with Crippen LogP contribution in [0.5, 0.6) is 23.0 Å². The monoisotopic (exact) mass is 408 g/mol. The van der Waals surface area contributed by atoms with E-state index in [1.807, 2.05) is 12.1 Å². The van der Waals surface area contributed by atoms with E-state index < -0.39 is 0 Å². The van der Waals surface area contributed by atoms with Crippen molar-refractivity contribution < 1.29 is 18.9 Å². The van der Waals surface area contributed by atoms with Gasteiger partial charge in [-0.25, -0.2) is 0 Å². The van der Waals surface area contributed by atoms with Gasteiger partial charge in [0.1, 0.15) is 11.5 Å². The maximum absolute atomic E-state index is 5.90. The van der Waals surface area contributed by atoms with Crippen LogP contribution in [0.15, 0.2) is 36.4 Å². The normalized spacial score (nSPS) is 31.5. The predicted octanol–water partition coefficient (Wildman–Crippen LogP) is 5.51. The summed E-state index contributed by atoms with van der Waals surface area (Å²) in [5.74, 6) is 5.05. The van der Waals surface area contributed by atoms with Crippen LogP contribution in [0.4, 0.5) is 0 Å². The number of rotatable bonds is 6. The first-order valence-corrected chi connectivity index (χ1v) is 11.0. The molecule has 4 saturated carbocycles. The molecule has 4 nitrogen and oxygen atoms in total. The molecule has 2 atom stereocenters. The van der Waals surface area contributed by atoms with Crippen LogP contribution in [0.3, 0.4) is 0 Å². The van der Waals surface area contributed by atoms with Crippen molar-refractivity contribution in [1.29, 1.82) is 0 Å². The summed E-state index contributed by atoms with van der Waals surface area (Å²) in [6.45, 7) is 0. The Labute approximate surface area is 179 Å². The van der Waals surface area contributed by atoms with E-state index in [-0.39, 0.29) is 10.8 Å². The van der Waals surface area contributed by atoms with Crippen molar-refractivity contribution in [2.45, 2.75) is 49.4 Å². The van der Waals surface area contributed by atoms with Crippen LogP contribution in [0.25, 0.3) is 0 Å². The van der Waals surface area contributed by atoms with E-state index in [4.69, 9.17) is 18.9 Å². The SMILES string of the molecule is COc1ccc(C23CC4CC(C2)CC(c2cccc(OC)c2OC)(C4)C3)c(OC)c1. The maximum atomic E-state index is 5.90. The first kappa shape index (κ1) is 19.6. The quantitative estimate of drug-likeness (QED) is 0.631. The molecule has 4 bridgehead atoms. The van der Waals surface area contributed by atoms with Crippen LogP contribution in [0, 0.1) is 11.8 Å². The minimum atomic E-state index is 0.134. The first-order chi connectivity index (χ1) is 14.6. The highest BCUT2D eigenvalue weighted by atomic mass is 16.5. The number of ether oxygens (including phenoxy) is 4. The first-order valence-electron chi connectivity index (χ1n) is 11.0. The molecule has 0 saturated heterocycles. The molecule has 0 amide bonds. The van der Waals surface area contributed by atoms with Crippen LogP contribution in [-0.2, 0) is 10.8 Å². The van der Waals surface area contributed by atoms with E-state index in [0.717, 1.165) is 41.3 Å². The lowest BCUT2D eigenvalue weighted by Gasteiger charge is -2.63. The highest BCUT2D eigenvalue weighted by molar-refractivity contribution is 5.53. The molecule has 30 heavy (non-hydrogen) atoms. The Bertz CT molecular complexity index is 936. The van der Waals surface area contributed by atoms with Crippen molar-refractivity contribution in [3.05, 3.63) is 47.5 Å². The number of para-hydroxylation sites is 1. The third-order valence-electron chi connectivity index (χ3n) is 8.02. The van der Waals surface area contributed by atoms with Crippen LogP contribution in [-0.4, -0.2) is 28.4 Å². The Morgan fingerprint density at radius 1 is 0.700 bits per heavy atom. The summed E-state index contributed by atoms with van der Waals surface area (Å²) in [6.07, 6.45) is 7.48. The third-order valence-corrected chi connectivity index (χ3v) is 8.02. The summed E-state index contributed by atoms with van der Waals surface area (Å²) in [5.41, 5.74) is 2.96. The molecule has 4 aliphatic carbocycles. The maximum Gasteiger partial charge on any atom is 0.164 e. The van der Waals surface area contributed by atoms with Crippen molar-refractivity contribution in [3.63, 3.8) is 0 Å². The Kier molecular flexibility index (Phi) is 4.64. The van der Waals surface area contributed by atoms with E-state index in [9.17, 15) is 0 Å². The minimum absolute atomic E-state index is 0.134. The smallest absolute Gasteiger partial charge is 0.164 e. The molecule has 2 aromatic rings. The Morgan fingerprint density at radius 2 is 1.37 bits per heavy atom. The molecule has 4 heteroatoms. The molecular weight excluding hydrogens is 376 g/mol. The van der Waals surface area contributed by atoms with E-state index >= 15 is 0 Å². The fraction of sp³-hybridized carbons (Fsp3) is 0.538. The van der Waals surface area contributed by atoms with Gasteiger partial charge < -0.3 is 18.9 Å². The highest BCUT2D eigenvalue weighted by Gasteiger charge is 2.60. The third kappa shape index (κ3) is 2.79. The summed E-state index contributed by atoms with van der Waals surface area (Å²) >= 11 is 0. The van der Waals surface area contributed by atoms with Gasteiger partial charge in [-0.1, -0.05) is 18.2 Å². The van der Waals surface area contributed by atoms with Gasteiger partial charge in [-0.3, -0.25) is 0 Å². The molecule has 0 heterocycles. The molecule has 0 spiro atoms. The van der Waals surface area contributed by atoms with Gasteiger partial charge in [0.2, 0.25) is 0 Å². The van der Waals surface area contributed by atoms with Crippen molar-refractivity contribution in [1.82, 2.24) is 0 Å². The minimum Gasteiger partial charge on any atom is -0.497 e.